The van der Waals surface area contributed by atoms with Gasteiger partial charge in [0.1, 0.15) is 17.0 Å². The van der Waals surface area contributed by atoms with Crippen molar-refractivity contribution in [1.29, 1.82) is 0 Å². The van der Waals surface area contributed by atoms with E-state index in [1.807, 2.05) is 0 Å². The number of nitrogens with zero attached hydrogens (tertiary/aromatic N) is 2. The maximum absolute atomic E-state index is 11.4. The standard InChI is InChI=1S/C19H20N4O2S2/c20-27(24,25)15-8-6-13(7-9-15)10-21-18-17-16(14-4-2-1-3-5-14)11-26-19(17)23-12-22-18/h4,6-9,11-12H,1-3,5,10H2,(H2,20,24,25)(H,21,22,23). The number of allylic oxidation sites excluding steroid dienone is 2. The van der Waals surface area contributed by atoms with Gasteiger partial charge in [-0.25, -0.2) is 23.5 Å². The summed E-state index contributed by atoms with van der Waals surface area (Å²) in [5.41, 5.74) is 3.55. The summed E-state index contributed by atoms with van der Waals surface area (Å²) in [6.07, 6.45) is 8.59. The van der Waals surface area contributed by atoms with Crippen LogP contribution in [0, 0.1) is 0 Å². The number of aromatic nitrogens is 2. The zero-order chi connectivity index (χ0) is 18.9. The van der Waals surface area contributed by atoms with E-state index in [2.05, 4.69) is 26.7 Å². The highest BCUT2D eigenvalue weighted by atomic mass is 32.2. The van der Waals surface area contributed by atoms with E-state index in [4.69, 9.17) is 5.14 Å². The number of hydrogen-bond donors (Lipinski definition) is 2. The molecular weight excluding hydrogens is 380 g/mol. The fourth-order valence-corrected chi connectivity index (χ4v) is 4.76. The Morgan fingerprint density at radius 2 is 1.96 bits per heavy atom. The molecule has 0 bridgehead atoms. The number of fused-ring (bicyclic) bond motifs is 1. The fourth-order valence-electron chi connectivity index (χ4n) is 3.31. The van der Waals surface area contributed by atoms with E-state index >= 15 is 0 Å². The van der Waals surface area contributed by atoms with Gasteiger partial charge >= 0.3 is 0 Å². The first kappa shape index (κ1) is 18.1. The van der Waals surface area contributed by atoms with Crippen molar-refractivity contribution in [3.05, 3.63) is 53.2 Å². The van der Waals surface area contributed by atoms with Gasteiger partial charge in [-0.2, -0.15) is 0 Å². The van der Waals surface area contributed by atoms with Crippen LogP contribution in [0.2, 0.25) is 0 Å². The van der Waals surface area contributed by atoms with Crippen molar-refractivity contribution < 1.29 is 8.42 Å². The molecule has 0 radical (unpaired) electrons. The number of anilines is 1. The normalized spacial score (nSPS) is 14.9. The summed E-state index contributed by atoms with van der Waals surface area (Å²) in [6, 6.07) is 6.54. The molecule has 1 aliphatic rings. The number of nitrogens with two attached hydrogens (primary N) is 1. The van der Waals surface area contributed by atoms with Crippen molar-refractivity contribution in [3.8, 4) is 0 Å². The second-order valence-electron chi connectivity index (χ2n) is 6.57. The summed E-state index contributed by atoms with van der Waals surface area (Å²) in [5, 5.41) is 11.8. The number of benzene rings is 1. The minimum Gasteiger partial charge on any atom is -0.365 e. The monoisotopic (exact) mass is 400 g/mol. The van der Waals surface area contributed by atoms with Crippen LogP contribution in [0.15, 0.2) is 46.9 Å². The number of primary sulfonamides is 1. The molecule has 0 spiro atoms. The Morgan fingerprint density at radius 3 is 2.67 bits per heavy atom. The molecule has 0 unspecified atom stereocenters. The smallest absolute Gasteiger partial charge is 0.238 e. The highest BCUT2D eigenvalue weighted by molar-refractivity contribution is 7.89. The molecule has 0 aliphatic heterocycles. The van der Waals surface area contributed by atoms with Gasteiger partial charge in [-0.15, -0.1) is 11.3 Å². The van der Waals surface area contributed by atoms with E-state index in [-0.39, 0.29) is 4.90 Å². The van der Waals surface area contributed by atoms with Gasteiger partial charge < -0.3 is 5.32 Å². The zero-order valence-electron chi connectivity index (χ0n) is 14.7. The molecule has 0 saturated heterocycles. The molecular formula is C19H20N4O2S2. The van der Waals surface area contributed by atoms with Gasteiger partial charge in [0.2, 0.25) is 10.0 Å². The van der Waals surface area contributed by atoms with Crippen LogP contribution in [-0.2, 0) is 16.6 Å². The summed E-state index contributed by atoms with van der Waals surface area (Å²) in [5.74, 6) is 0.804. The van der Waals surface area contributed by atoms with E-state index in [1.54, 1.807) is 29.8 Å². The molecule has 3 aromatic rings. The molecule has 140 valence electrons. The molecule has 4 rings (SSSR count). The van der Waals surface area contributed by atoms with E-state index in [9.17, 15) is 8.42 Å². The van der Waals surface area contributed by atoms with Gasteiger partial charge in [0.05, 0.1) is 10.3 Å². The minimum absolute atomic E-state index is 0.111. The van der Waals surface area contributed by atoms with Crippen LogP contribution in [0.25, 0.3) is 15.8 Å². The highest BCUT2D eigenvalue weighted by Crippen LogP contribution is 2.37. The molecule has 0 amide bonds. The van der Waals surface area contributed by atoms with E-state index in [0.29, 0.717) is 6.54 Å². The molecule has 6 nitrogen and oxygen atoms in total. The van der Waals surface area contributed by atoms with E-state index in [1.165, 1.54) is 36.1 Å². The van der Waals surface area contributed by atoms with Crippen LogP contribution in [0.4, 0.5) is 5.82 Å². The topological polar surface area (TPSA) is 98.0 Å². The fraction of sp³-hybridized carbons (Fsp3) is 0.263. The van der Waals surface area contributed by atoms with Crippen molar-refractivity contribution in [2.24, 2.45) is 5.14 Å². The maximum Gasteiger partial charge on any atom is 0.238 e. The SMILES string of the molecule is NS(=O)(=O)c1ccc(CNc2ncnc3scc(C4=CCCCC4)c23)cc1. The van der Waals surface area contributed by atoms with E-state index < -0.39 is 10.0 Å². The van der Waals surface area contributed by atoms with Crippen LogP contribution in [-0.4, -0.2) is 18.4 Å². The van der Waals surface area contributed by atoms with Crippen LogP contribution in [0.5, 0.6) is 0 Å². The lowest BCUT2D eigenvalue weighted by molar-refractivity contribution is 0.598. The van der Waals surface area contributed by atoms with E-state index in [0.717, 1.165) is 34.4 Å². The maximum atomic E-state index is 11.4. The molecule has 1 aromatic carbocycles. The first-order valence-electron chi connectivity index (χ1n) is 8.79. The molecule has 8 heteroatoms. The van der Waals surface area contributed by atoms with Crippen LogP contribution in [0.3, 0.4) is 0 Å². The van der Waals surface area contributed by atoms with Crippen molar-refractivity contribution in [2.45, 2.75) is 37.1 Å². The second-order valence-corrected chi connectivity index (χ2v) is 8.99. The van der Waals surface area contributed by atoms with Crippen molar-refractivity contribution in [3.63, 3.8) is 0 Å². The minimum atomic E-state index is -3.67. The third kappa shape index (κ3) is 3.87. The Balaban J connectivity index is 1.60. The molecule has 3 N–H and O–H groups in total. The predicted octanol–water partition coefficient (Wildman–Crippen LogP) is 3.91. The summed E-state index contributed by atoms with van der Waals surface area (Å²) in [4.78, 5) is 9.94. The third-order valence-electron chi connectivity index (χ3n) is 4.72. The number of thiophene rings is 1. The Morgan fingerprint density at radius 1 is 1.15 bits per heavy atom. The highest BCUT2D eigenvalue weighted by Gasteiger charge is 2.16. The third-order valence-corrected chi connectivity index (χ3v) is 6.53. The molecule has 0 fully saturated rings. The van der Waals surface area contributed by atoms with Gasteiger partial charge in [-0.1, -0.05) is 18.2 Å². The molecule has 0 saturated carbocycles. The number of nitrogens with one attached hydrogen (secondary N) is 1. The molecule has 2 aromatic heterocycles. The lowest BCUT2D eigenvalue weighted by atomic mass is 9.94. The van der Waals surface area contributed by atoms with Crippen LogP contribution >= 0.6 is 11.3 Å². The summed E-state index contributed by atoms with van der Waals surface area (Å²) < 4.78 is 22.7. The van der Waals surface area contributed by atoms with Crippen molar-refractivity contribution in [1.82, 2.24) is 9.97 Å². The predicted molar refractivity (Wildman–Crippen MR) is 109 cm³/mol. The Labute approximate surface area is 162 Å². The van der Waals surface area contributed by atoms with Gasteiger partial charge in [-0.05, 0) is 49.0 Å². The molecule has 0 atom stereocenters. The Kier molecular flexibility index (Phi) is 4.94. The largest absolute Gasteiger partial charge is 0.365 e. The van der Waals surface area contributed by atoms with Gasteiger partial charge in [-0.3, -0.25) is 0 Å². The molecule has 27 heavy (non-hydrogen) atoms. The number of rotatable bonds is 5. The Bertz CT molecular complexity index is 1100. The van der Waals surface area contributed by atoms with Gasteiger partial charge in [0, 0.05) is 17.5 Å². The number of hydrogen-bond acceptors (Lipinski definition) is 6. The molecule has 1 aliphatic carbocycles. The first-order chi connectivity index (χ1) is 13.0. The lowest BCUT2D eigenvalue weighted by Gasteiger charge is -2.13. The zero-order valence-corrected chi connectivity index (χ0v) is 16.3. The lowest BCUT2D eigenvalue weighted by Crippen LogP contribution is -2.12. The van der Waals surface area contributed by atoms with Crippen molar-refractivity contribution in [2.75, 3.05) is 5.32 Å². The first-order valence-corrected chi connectivity index (χ1v) is 11.2. The average Bonchev–Trinajstić information content (AvgIpc) is 3.11. The Hall–Kier alpha value is -2.29. The van der Waals surface area contributed by atoms with Crippen LogP contribution in [0.1, 0.15) is 36.8 Å². The summed E-state index contributed by atoms with van der Waals surface area (Å²) in [7, 11) is -3.67. The summed E-state index contributed by atoms with van der Waals surface area (Å²) >= 11 is 1.64. The second kappa shape index (κ2) is 7.38. The molecule has 2 heterocycles. The van der Waals surface area contributed by atoms with Crippen LogP contribution < -0.4 is 10.5 Å². The quantitative estimate of drug-likeness (QED) is 0.677. The average molecular weight is 401 g/mol. The number of sulfonamides is 1. The van der Waals surface area contributed by atoms with Crippen molar-refractivity contribution >= 4 is 43.0 Å². The van der Waals surface area contributed by atoms with Gasteiger partial charge in [0.25, 0.3) is 0 Å². The summed E-state index contributed by atoms with van der Waals surface area (Å²) in [6.45, 7) is 0.533. The van der Waals surface area contributed by atoms with Gasteiger partial charge in [0.15, 0.2) is 0 Å².